The zero-order chi connectivity index (χ0) is 19.6. The topological polar surface area (TPSA) is 110 Å². The highest BCUT2D eigenvalue weighted by Crippen LogP contribution is 2.24. The van der Waals surface area contributed by atoms with Crippen LogP contribution in [0.4, 0.5) is 5.69 Å². The number of hydrogen-bond acceptors (Lipinski definition) is 6. The Morgan fingerprint density at radius 1 is 1.18 bits per heavy atom. The SMILES string of the molecule is Cc1noc(C)c1S(=O)(=O)N1CCN(C(=O)CCc2ccccc2N)CC1.Cl. The molecule has 0 bridgehead atoms. The van der Waals surface area contributed by atoms with Gasteiger partial charge in [0.25, 0.3) is 0 Å². The number of aryl methyl sites for hydroxylation is 3. The number of para-hydroxylation sites is 1. The molecule has 2 heterocycles. The van der Waals surface area contributed by atoms with E-state index in [2.05, 4.69) is 5.16 Å². The fourth-order valence-electron chi connectivity index (χ4n) is 3.31. The molecule has 1 fully saturated rings. The smallest absolute Gasteiger partial charge is 0.248 e. The van der Waals surface area contributed by atoms with Crippen molar-refractivity contribution in [3.63, 3.8) is 0 Å². The molecule has 0 atom stereocenters. The predicted molar refractivity (Wildman–Crippen MR) is 108 cm³/mol. The van der Waals surface area contributed by atoms with Crippen LogP contribution in [0.5, 0.6) is 0 Å². The van der Waals surface area contributed by atoms with Gasteiger partial charge in [-0.3, -0.25) is 4.79 Å². The molecule has 154 valence electrons. The fraction of sp³-hybridized carbons (Fsp3) is 0.444. The molecule has 1 amide bonds. The Kier molecular flexibility index (Phi) is 7.08. The van der Waals surface area contributed by atoms with Crippen LogP contribution in [0.25, 0.3) is 0 Å². The van der Waals surface area contributed by atoms with Crippen molar-refractivity contribution < 1.29 is 17.7 Å². The summed E-state index contributed by atoms with van der Waals surface area (Å²) >= 11 is 0. The summed E-state index contributed by atoms with van der Waals surface area (Å²) in [5, 5.41) is 3.73. The van der Waals surface area contributed by atoms with Crippen molar-refractivity contribution in [3.05, 3.63) is 41.3 Å². The number of hydrogen-bond donors (Lipinski definition) is 1. The number of nitrogens with two attached hydrogens (primary N) is 1. The number of carbonyl (C=O) groups is 1. The van der Waals surface area contributed by atoms with E-state index in [-0.39, 0.29) is 42.1 Å². The van der Waals surface area contributed by atoms with Gasteiger partial charge >= 0.3 is 0 Å². The van der Waals surface area contributed by atoms with Gasteiger partial charge in [-0.1, -0.05) is 23.4 Å². The zero-order valence-corrected chi connectivity index (χ0v) is 17.6. The number of halogens is 1. The Balaban J connectivity index is 0.00000280. The number of nitrogen functional groups attached to an aromatic ring is 1. The number of amides is 1. The summed E-state index contributed by atoms with van der Waals surface area (Å²) in [6, 6.07) is 7.49. The van der Waals surface area contributed by atoms with Gasteiger partial charge in [-0.2, -0.15) is 4.31 Å². The summed E-state index contributed by atoms with van der Waals surface area (Å²) in [4.78, 5) is 14.3. The summed E-state index contributed by atoms with van der Waals surface area (Å²) in [6.07, 6.45) is 0.925. The van der Waals surface area contributed by atoms with Gasteiger partial charge in [0.05, 0.1) is 0 Å². The fourth-order valence-corrected chi connectivity index (χ4v) is 5.02. The normalized spacial score (nSPS) is 15.3. The molecule has 0 saturated carbocycles. The third-order valence-corrected chi connectivity index (χ3v) is 6.96. The minimum absolute atomic E-state index is 0. The Bertz CT molecular complexity index is 917. The number of anilines is 1. The van der Waals surface area contributed by atoms with Crippen molar-refractivity contribution in [3.8, 4) is 0 Å². The van der Waals surface area contributed by atoms with Crippen LogP contribution in [0.3, 0.4) is 0 Å². The van der Waals surface area contributed by atoms with Gasteiger partial charge in [0, 0.05) is 38.3 Å². The molecule has 0 spiro atoms. The quantitative estimate of drug-likeness (QED) is 0.726. The molecule has 0 unspecified atom stereocenters. The van der Waals surface area contributed by atoms with Gasteiger partial charge in [-0.05, 0) is 31.9 Å². The second-order valence-corrected chi connectivity index (χ2v) is 8.51. The number of sulfonamides is 1. The molecule has 1 aliphatic heterocycles. The largest absolute Gasteiger partial charge is 0.399 e. The number of nitrogens with zero attached hydrogens (tertiary/aromatic N) is 3. The van der Waals surface area contributed by atoms with Crippen molar-refractivity contribution in [2.24, 2.45) is 0 Å². The van der Waals surface area contributed by atoms with Gasteiger partial charge in [0.15, 0.2) is 5.76 Å². The Hall–Kier alpha value is -2.10. The van der Waals surface area contributed by atoms with Gasteiger partial charge < -0.3 is 15.2 Å². The summed E-state index contributed by atoms with van der Waals surface area (Å²) in [5.74, 6) is 0.291. The van der Waals surface area contributed by atoms with Gasteiger partial charge in [-0.25, -0.2) is 8.42 Å². The number of aromatic nitrogens is 1. The molecular weight excluding hydrogens is 404 g/mol. The van der Waals surface area contributed by atoms with Crippen LogP contribution in [-0.2, 0) is 21.2 Å². The predicted octanol–water partition coefficient (Wildman–Crippen LogP) is 1.76. The van der Waals surface area contributed by atoms with E-state index in [0.717, 1.165) is 5.56 Å². The number of piperazine rings is 1. The van der Waals surface area contributed by atoms with Crippen LogP contribution in [0, 0.1) is 13.8 Å². The van der Waals surface area contributed by atoms with Gasteiger partial charge in [-0.15, -0.1) is 12.4 Å². The second kappa shape index (κ2) is 8.93. The van der Waals surface area contributed by atoms with Crippen LogP contribution >= 0.6 is 12.4 Å². The molecule has 2 aromatic rings. The minimum Gasteiger partial charge on any atom is -0.399 e. The minimum atomic E-state index is -3.67. The van der Waals surface area contributed by atoms with Gasteiger partial charge in [0.2, 0.25) is 15.9 Å². The molecule has 1 aromatic heterocycles. The maximum Gasteiger partial charge on any atom is 0.248 e. The lowest BCUT2D eigenvalue weighted by Gasteiger charge is -2.34. The van der Waals surface area contributed by atoms with E-state index in [9.17, 15) is 13.2 Å². The lowest BCUT2D eigenvalue weighted by atomic mass is 10.1. The van der Waals surface area contributed by atoms with E-state index in [4.69, 9.17) is 10.3 Å². The third kappa shape index (κ3) is 4.48. The van der Waals surface area contributed by atoms with E-state index in [1.54, 1.807) is 18.7 Å². The first-order valence-electron chi connectivity index (χ1n) is 8.85. The number of carbonyl (C=O) groups excluding carboxylic acids is 1. The first kappa shape index (κ1) is 22.2. The van der Waals surface area contributed by atoms with Crippen LogP contribution in [0.2, 0.25) is 0 Å². The molecule has 2 N–H and O–H groups in total. The highest BCUT2D eigenvalue weighted by atomic mass is 35.5. The van der Waals surface area contributed by atoms with Crippen molar-refractivity contribution in [2.75, 3.05) is 31.9 Å². The monoisotopic (exact) mass is 428 g/mol. The molecule has 10 heteroatoms. The average Bonchev–Trinajstić information content (AvgIpc) is 3.00. The van der Waals surface area contributed by atoms with Crippen molar-refractivity contribution in [2.45, 2.75) is 31.6 Å². The molecule has 1 aliphatic rings. The zero-order valence-electron chi connectivity index (χ0n) is 15.9. The van der Waals surface area contributed by atoms with Gasteiger partial charge in [0.1, 0.15) is 10.6 Å². The van der Waals surface area contributed by atoms with E-state index in [1.807, 2.05) is 24.3 Å². The lowest BCUT2D eigenvalue weighted by Crippen LogP contribution is -2.50. The molecule has 0 aliphatic carbocycles. The van der Waals surface area contributed by atoms with E-state index < -0.39 is 10.0 Å². The average molecular weight is 429 g/mol. The first-order chi connectivity index (χ1) is 12.8. The highest BCUT2D eigenvalue weighted by Gasteiger charge is 2.34. The maximum atomic E-state index is 12.8. The maximum absolute atomic E-state index is 12.8. The van der Waals surface area contributed by atoms with Crippen molar-refractivity contribution >= 4 is 34.0 Å². The highest BCUT2D eigenvalue weighted by molar-refractivity contribution is 7.89. The Morgan fingerprint density at radius 3 is 2.39 bits per heavy atom. The summed E-state index contributed by atoms with van der Waals surface area (Å²) in [6.45, 7) is 4.44. The molecule has 3 rings (SSSR count). The van der Waals surface area contributed by atoms with E-state index in [0.29, 0.717) is 37.3 Å². The Morgan fingerprint density at radius 2 is 1.82 bits per heavy atom. The van der Waals surface area contributed by atoms with Crippen molar-refractivity contribution in [1.82, 2.24) is 14.4 Å². The lowest BCUT2D eigenvalue weighted by molar-refractivity contribution is -0.132. The number of benzene rings is 1. The number of rotatable bonds is 5. The summed E-state index contributed by atoms with van der Waals surface area (Å²) in [5.41, 5.74) is 7.89. The standard InChI is InChI=1S/C18H24N4O4S.ClH/c1-13-18(14(2)26-20-13)27(24,25)22-11-9-21(10-12-22)17(23)8-7-15-5-3-4-6-16(15)19;/h3-6H,7-12,19H2,1-2H3;1H. The molecule has 1 aromatic carbocycles. The van der Waals surface area contributed by atoms with Crippen molar-refractivity contribution in [1.29, 1.82) is 0 Å². The van der Waals surface area contributed by atoms with Crippen LogP contribution < -0.4 is 5.73 Å². The van der Waals surface area contributed by atoms with Crippen LogP contribution in [0.1, 0.15) is 23.4 Å². The third-order valence-electron chi connectivity index (χ3n) is 4.82. The van der Waals surface area contributed by atoms with Crippen LogP contribution in [0.15, 0.2) is 33.7 Å². The Labute approximate surface area is 171 Å². The molecule has 1 saturated heterocycles. The first-order valence-corrected chi connectivity index (χ1v) is 10.3. The molecule has 0 radical (unpaired) electrons. The van der Waals surface area contributed by atoms with E-state index >= 15 is 0 Å². The van der Waals surface area contributed by atoms with E-state index in [1.165, 1.54) is 4.31 Å². The van der Waals surface area contributed by atoms with Crippen LogP contribution in [-0.4, -0.2) is 54.9 Å². The summed E-state index contributed by atoms with van der Waals surface area (Å²) < 4.78 is 32.0. The molecule has 8 nitrogen and oxygen atoms in total. The molecular formula is C18H25ClN4O4S. The summed E-state index contributed by atoms with van der Waals surface area (Å²) in [7, 11) is -3.67. The molecule has 28 heavy (non-hydrogen) atoms. The second-order valence-electron chi connectivity index (χ2n) is 6.64.